The topological polar surface area (TPSA) is 75.4 Å². The Bertz CT molecular complexity index is 1360. The highest BCUT2D eigenvalue weighted by atomic mass is 32.2. The van der Waals surface area contributed by atoms with Crippen molar-refractivity contribution < 1.29 is 14.7 Å². The number of thioether (sulfide) groups is 1. The first-order valence-electron chi connectivity index (χ1n) is 12.9. The van der Waals surface area contributed by atoms with E-state index in [0.29, 0.717) is 30.4 Å². The monoisotopic (exact) mass is 529 g/mol. The molecule has 0 fully saturated rings. The Hall–Kier alpha value is -3.58. The van der Waals surface area contributed by atoms with Gasteiger partial charge in [0, 0.05) is 18.8 Å². The van der Waals surface area contributed by atoms with Gasteiger partial charge in [-0.2, -0.15) is 0 Å². The van der Waals surface area contributed by atoms with E-state index in [-0.39, 0.29) is 5.91 Å². The van der Waals surface area contributed by atoms with E-state index in [1.54, 1.807) is 11.8 Å². The number of carboxylic acid groups (broad SMARTS) is 1. The molecule has 1 atom stereocenters. The molecule has 38 heavy (non-hydrogen) atoms. The zero-order valence-corrected chi connectivity index (χ0v) is 23.0. The van der Waals surface area contributed by atoms with E-state index in [4.69, 9.17) is 4.98 Å². The maximum absolute atomic E-state index is 13.3. The summed E-state index contributed by atoms with van der Waals surface area (Å²) >= 11 is 1.55. The summed E-state index contributed by atoms with van der Waals surface area (Å²) in [4.78, 5) is 32.3. The van der Waals surface area contributed by atoms with Gasteiger partial charge in [-0.1, -0.05) is 105 Å². The fourth-order valence-electron chi connectivity index (χ4n) is 4.64. The standard InChI is InChI=1S/C31H35N3O3S/c1-31(2,3)28(29(36)37)34-26-18-11-10-17-25(26)32-30(34)38-20-12-19-33(22-24-15-8-5-9-16-24)27(35)21-23-13-6-4-7-14-23/h4-11,13-18,28H,12,19-22H2,1-3H3,(H,36,37). The first-order valence-corrected chi connectivity index (χ1v) is 13.9. The summed E-state index contributed by atoms with van der Waals surface area (Å²) in [6, 6.07) is 26.8. The van der Waals surface area contributed by atoms with Crippen molar-refractivity contribution in [2.24, 2.45) is 5.41 Å². The number of rotatable bonds is 11. The number of fused-ring (bicyclic) bond motifs is 1. The summed E-state index contributed by atoms with van der Waals surface area (Å²) in [5.41, 5.74) is 3.20. The van der Waals surface area contributed by atoms with Gasteiger partial charge in [0.05, 0.1) is 17.5 Å². The van der Waals surface area contributed by atoms with E-state index in [0.717, 1.165) is 28.6 Å². The molecule has 0 saturated heterocycles. The third-order valence-electron chi connectivity index (χ3n) is 6.45. The van der Waals surface area contributed by atoms with Crippen LogP contribution in [0.2, 0.25) is 0 Å². The second kappa shape index (κ2) is 12.3. The number of aliphatic carboxylic acids is 1. The van der Waals surface area contributed by atoms with Crippen molar-refractivity contribution in [3.8, 4) is 0 Å². The zero-order valence-electron chi connectivity index (χ0n) is 22.2. The number of nitrogens with zero attached hydrogens (tertiary/aromatic N) is 3. The van der Waals surface area contributed by atoms with Crippen molar-refractivity contribution in [3.63, 3.8) is 0 Å². The van der Waals surface area contributed by atoms with Gasteiger partial charge in [0.1, 0.15) is 6.04 Å². The Morgan fingerprint density at radius 2 is 1.53 bits per heavy atom. The van der Waals surface area contributed by atoms with E-state index in [2.05, 4.69) is 0 Å². The van der Waals surface area contributed by atoms with Gasteiger partial charge in [0.2, 0.25) is 5.91 Å². The number of hydrogen-bond donors (Lipinski definition) is 1. The molecule has 4 rings (SSSR count). The average molecular weight is 530 g/mol. The minimum Gasteiger partial charge on any atom is -0.480 e. The van der Waals surface area contributed by atoms with Crippen LogP contribution in [0, 0.1) is 5.41 Å². The number of imidazole rings is 1. The summed E-state index contributed by atoms with van der Waals surface area (Å²) in [7, 11) is 0. The lowest BCUT2D eigenvalue weighted by molar-refractivity contribution is -0.144. The van der Waals surface area contributed by atoms with E-state index in [9.17, 15) is 14.7 Å². The Morgan fingerprint density at radius 3 is 2.16 bits per heavy atom. The molecule has 1 aromatic heterocycles. The van der Waals surface area contributed by atoms with E-state index in [1.807, 2.05) is 115 Å². The normalized spacial score (nSPS) is 12.4. The third kappa shape index (κ3) is 6.84. The van der Waals surface area contributed by atoms with E-state index in [1.165, 1.54) is 0 Å². The lowest BCUT2D eigenvalue weighted by Gasteiger charge is -2.30. The number of para-hydroxylation sites is 2. The molecule has 0 aliphatic heterocycles. The van der Waals surface area contributed by atoms with Gasteiger partial charge >= 0.3 is 5.97 Å². The zero-order chi connectivity index (χ0) is 27.1. The summed E-state index contributed by atoms with van der Waals surface area (Å²) in [5, 5.41) is 10.8. The molecule has 4 aromatic rings. The van der Waals surface area contributed by atoms with Gasteiger partial charge in [0.25, 0.3) is 0 Å². The summed E-state index contributed by atoms with van der Waals surface area (Å²) in [5.74, 6) is -0.0667. The predicted molar refractivity (Wildman–Crippen MR) is 153 cm³/mol. The minimum absolute atomic E-state index is 0.0935. The van der Waals surface area contributed by atoms with Crippen LogP contribution in [-0.2, 0) is 22.6 Å². The molecule has 3 aromatic carbocycles. The number of carbonyl (C=O) groups excluding carboxylic acids is 1. The first kappa shape index (κ1) is 27.5. The SMILES string of the molecule is CC(C)(C)C(C(=O)O)n1c(SCCCN(Cc2ccccc2)C(=O)Cc2ccccc2)nc2ccccc21. The van der Waals surface area contributed by atoms with Crippen LogP contribution in [0.4, 0.5) is 0 Å². The van der Waals surface area contributed by atoms with E-state index < -0.39 is 17.4 Å². The molecule has 0 bridgehead atoms. The van der Waals surface area contributed by atoms with Gasteiger partial charge in [-0.3, -0.25) is 4.79 Å². The second-order valence-electron chi connectivity index (χ2n) is 10.5. The maximum atomic E-state index is 13.3. The summed E-state index contributed by atoms with van der Waals surface area (Å²) in [6.45, 7) is 6.98. The molecule has 1 heterocycles. The fraction of sp³-hybridized carbons (Fsp3) is 0.323. The van der Waals surface area contributed by atoms with Crippen LogP contribution in [0.1, 0.15) is 44.4 Å². The summed E-state index contributed by atoms with van der Waals surface area (Å²) in [6.07, 6.45) is 1.12. The molecular weight excluding hydrogens is 494 g/mol. The second-order valence-corrected chi connectivity index (χ2v) is 11.6. The molecule has 7 heteroatoms. The minimum atomic E-state index is -0.872. The van der Waals surface area contributed by atoms with Gasteiger partial charge in [-0.15, -0.1) is 0 Å². The molecular formula is C31H35N3O3S. The number of hydrogen-bond acceptors (Lipinski definition) is 4. The van der Waals surface area contributed by atoms with Crippen molar-refractivity contribution in [1.82, 2.24) is 14.5 Å². The molecule has 6 nitrogen and oxygen atoms in total. The van der Waals surface area contributed by atoms with Crippen molar-refractivity contribution >= 4 is 34.7 Å². The number of carboxylic acids is 1. The lowest BCUT2D eigenvalue weighted by atomic mass is 9.86. The summed E-state index contributed by atoms with van der Waals surface area (Å²) < 4.78 is 1.87. The number of carbonyl (C=O) groups is 2. The molecule has 1 unspecified atom stereocenters. The molecule has 1 N–H and O–H groups in total. The molecule has 0 spiro atoms. The molecule has 0 aliphatic carbocycles. The Labute approximate surface area is 228 Å². The van der Waals surface area contributed by atoms with Crippen LogP contribution in [0.25, 0.3) is 11.0 Å². The Kier molecular flexibility index (Phi) is 8.89. The van der Waals surface area contributed by atoms with Crippen LogP contribution in [0.5, 0.6) is 0 Å². The maximum Gasteiger partial charge on any atom is 0.327 e. The lowest BCUT2D eigenvalue weighted by Crippen LogP contribution is -2.33. The quantitative estimate of drug-likeness (QED) is 0.178. The highest BCUT2D eigenvalue weighted by Crippen LogP contribution is 2.37. The van der Waals surface area contributed by atoms with Crippen LogP contribution < -0.4 is 0 Å². The average Bonchev–Trinajstić information content (AvgIpc) is 3.23. The van der Waals surface area contributed by atoms with Crippen molar-refractivity contribution in [2.45, 2.75) is 51.4 Å². The first-order chi connectivity index (χ1) is 18.2. The van der Waals surface area contributed by atoms with Crippen LogP contribution in [-0.4, -0.2) is 43.7 Å². The van der Waals surface area contributed by atoms with Gasteiger partial charge in [-0.25, -0.2) is 9.78 Å². The third-order valence-corrected chi connectivity index (χ3v) is 7.49. The van der Waals surface area contributed by atoms with Crippen LogP contribution >= 0.6 is 11.8 Å². The highest BCUT2D eigenvalue weighted by Gasteiger charge is 2.35. The number of aromatic nitrogens is 2. The predicted octanol–water partition coefficient (Wildman–Crippen LogP) is 6.46. The van der Waals surface area contributed by atoms with Crippen LogP contribution in [0.15, 0.2) is 90.1 Å². The van der Waals surface area contributed by atoms with Crippen molar-refractivity contribution in [2.75, 3.05) is 12.3 Å². The van der Waals surface area contributed by atoms with Crippen molar-refractivity contribution in [1.29, 1.82) is 0 Å². The van der Waals surface area contributed by atoms with Gasteiger partial charge in [0.15, 0.2) is 5.16 Å². The number of benzene rings is 3. The molecule has 0 radical (unpaired) electrons. The Morgan fingerprint density at radius 1 is 0.921 bits per heavy atom. The largest absolute Gasteiger partial charge is 0.480 e. The molecule has 0 saturated carbocycles. The molecule has 1 amide bonds. The van der Waals surface area contributed by atoms with Gasteiger partial charge < -0.3 is 14.6 Å². The van der Waals surface area contributed by atoms with Crippen molar-refractivity contribution in [3.05, 3.63) is 96.1 Å². The molecule has 0 aliphatic rings. The van der Waals surface area contributed by atoms with Gasteiger partial charge in [-0.05, 0) is 35.1 Å². The Balaban J connectivity index is 1.49. The van der Waals surface area contributed by atoms with E-state index >= 15 is 0 Å². The molecule has 198 valence electrons. The number of amides is 1. The fourth-order valence-corrected chi connectivity index (χ4v) is 5.60. The smallest absolute Gasteiger partial charge is 0.327 e. The highest BCUT2D eigenvalue weighted by molar-refractivity contribution is 7.99. The van der Waals surface area contributed by atoms with Crippen LogP contribution in [0.3, 0.4) is 0 Å².